The zero-order chi connectivity index (χ0) is 17.3. The average Bonchev–Trinajstić information content (AvgIpc) is 2.51. The topological polar surface area (TPSA) is 177 Å². The maximum absolute atomic E-state index is 11.8. The van der Waals surface area contributed by atoms with Crippen molar-refractivity contribution < 1.29 is 50.0 Å². The van der Waals surface area contributed by atoms with Crippen molar-refractivity contribution in [1.82, 2.24) is 0 Å². The summed E-state index contributed by atoms with van der Waals surface area (Å²) in [5.41, 5.74) is -0.288. The predicted molar refractivity (Wildman–Crippen MR) is 70.6 cm³/mol. The van der Waals surface area contributed by atoms with E-state index in [4.69, 9.17) is 9.47 Å². The number of ether oxygens (including phenoxy) is 2. The van der Waals surface area contributed by atoms with Gasteiger partial charge in [0.1, 0.15) is 31.0 Å². The smallest absolute Gasteiger partial charge is 0.338 e. The normalized spacial score (nSPS) is 30.9. The molecule has 128 valence electrons. The van der Waals surface area contributed by atoms with E-state index in [9.17, 15) is 40.5 Å². The Labute approximate surface area is 129 Å². The molecule has 10 heteroatoms. The summed E-state index contributed by atoms with van der Waals surface area (Å²) in [5, 5.41) is 65.6. The van der Waals surface area contributed by atoms with Crippen molar-refractivity contribution in [3.05, 3.63) is 17.7 Å². The summed E-state index contributed by atoms with van der Waals surface area (Å²) in [6, 6.07) is 1.70. The van der Waals surface area contributed by atoms with Gasteiger partial charge in [0.05, 0.1) is 5.56 Å². The van der Waals surface area contributed by atoms with Crippen molar-refractivity contribution in [2.75, 3.05) is 6.61 Å². The number of benzene rings is 1. The number of phenolic OH excluding ortho intramolecular Hbond substituents is 3. The minimum Gasteiger partial charge on any atom is -0.504 e. The molecule has 1 aromatic carbocycles. The molecule has 7 N–H and O–H groups in total. The molecular formula is C13H16O10. The van der Waals surface area contributed by atoms with E-state index in [2.05, 4.69) is 0 Å². The Morgan fingerprint density at radius 2 is 1.57 bits per heavy atom. The van der Waals surface area contributed by atoms with E-state index in [0.717, 1.165) is 12.1 Å². The molecule has 2 rings (SSSR count). The largest absolute Gasteiger partial charge is 0.504 e. The molecule has 0 bridgehead atoms. The SMILES string of the molecule is O=C(OC[C@@H]1O[C@@H](O)[C@@H](O)[C@@H](O)[C@@H]1O)c1cc(O)c(O)c(O)c1. The fourth-order valence-electron chi connectivity index (χ4n) is 2.03. The summed E-state index contributed by atoms with van der Waals surface area (Å²) < 4.78 is 9.60. The summed E-state index contributed by atoms with van der Waals surface area (Å²) in [7, 11) is 0. The van der Waals surface area contributed by atoms with Gasteiger partial charge in [0.15, 0.2) is 23.5 Å². The molecular weight excluding hydrogens is 316 g/mol. The van der Waals surface area contributed by atoms with Crippen LogP contribution >= 0.6 is 0 Å². The number of hydrogen-bond donors (Lipinski definition) is 7. The molecule has 1 aliphatic rings. The van der Waals surface area contributed by atoms with Gasteiger partial charge in [0.25, 0.3) is 0 Å². The Bertz CT molecular complexity index is 565. The number of phenols is 3. The second-order valence-corrected chi connectivity index (χ2v) is 5.00. The molecule has 0 saturated carbocycles. The second-order valence-electron chi connectivity index (χ2n) is 5.00. The molecule has 0 aliphatic carbocycles. The van der Waals surface area contributed by atoms with Gasteiger partial charge in [0.2, 0.25) is 0 Å². The molecule has 0 aromatic heterocycles. The Morgan fingerprint density at radius 1 is 1.00 bits per heavy atom. The van der Waals surface area contributed by atoms with Crippen molar-refractivity contribution >= 4 is 5.97 Å². The summed E-state index contributed by atoms with van der Waals surface area (Å²) >= 11 is 0. The van der Waals surface area contributed by atoms with Crippen LogP contribution in [-0.2, 0) is 9.47 Å². The number of aliphatic hydroxyl groups excluding tert-OH is 4. The molecule has 0 amide bonds. The van der Waals surface area contributed by atoms with Gasteiger partial charge in [-0.05, 0) is 12.1 Å². The lowest BCUT2D eigenvalue weighted by Gasteiger charge is -2.37. The van der Waals surface area contributed by atoms with E-state index in [1.165, 1.54) is 0 Å². The molecule has 1 saturated heterocycles. The van der Waals surface area contributed by atoms with Gasteiger partial charge in [-0.3, -0.25) is 0 Å². The van der Waals surface area contributed by atoms with Crippen molar-refractivity contribution in [2.45, 2.75) is 30.7 Å². The lowest BCUT2D eigenvalue weighted by molar-refractivity contribution is -0.286. The first kappa shape index (κ1) is 17.2. The van der Waals surface area contributed by atoms with Crippen LogP contribution in [0.2, 0.25) is 0 Å². The maximum Gasteiger partial charge on any atom is 0.338 e. The number of carbonyl (C=O) groups is 1. The standard InChI is InChI=1S/C13H16O10/c14-5-1-4(2-6(15)8(5)16)12(20)22-3-7-9(17)10(18)11(19)13(21)23-7/h1-2,7,9-11,13-19,21H,3H2/t7-,9+,10-,11-,13+/m0/s1. The molecule has 0 spiro atoms. The number of hydrogen-bond acceptors (Lipinski definition) is 10. The molecule has 10 nitrogen and oxygen atoms in total. The highest BCUT2D eigenvalue weighted by Gasteiger charge is 2.43. The lowest BCUT2D eigenvalue weighted by atomic mass is 9.99. The van der Waals surface area contributed by atoms with Gasteiger partial charge >= 0.3 is 5.97 Å². The van der Waals surface area contributed by atoms with Gasteiger partial charge in [-0.1, -0.05) is 0 Å². The highest BCUT2D eigenvalue weighted by molar-refractivity contribution is 5.91. The third kappa shape index (κ3) is 3.46. The van der Waals surface area contributed by atoms with Gasteiger partial charge in [-0.25, -0.2) is 4.79 Å². The first-order valence-electron chi connectivity index (χ1n) is 6.52. The van der Waals surface area contributed by atoms with Crippen molar-refractivity contribution in [3.8, 4) is 17.2 Å². The van der Waals surface area contributed by atoms with Gasteiger partial charge in [-0.15, -0.1) is 0 Å². The maximum atomic E-state index is 11.8. The number of aliphatic hydroxyl groups is 4. The van der Waals surface area contributed by atoms with Crippen molar-refractivity contribution in [1.29, 1.82) is 0 Å². The van der Waals surface area contributed by atoms with E-state index < -0.39 is 60.5 Å². The zero-order valence-electron chi connectivity index (χ0n) is 11.6. The summed E-state index contributed by atoms with van der Waals surface area (Å²) in [6.07, 6.45) is -8.07. The fourth-order valence-corrected chi connectivity index (χ4v) is 2.03. The van der Waals surface area contributed by atoms with E-state index in [-0.39, 0.29) is 5.56 Å². The van der Waals surface area contributed by atoms with Gasteiger partial charge < -0.3 is 45.2 Å². The van der Waals surface area contributed by atoms with Crippen LogP contribution in [0.25, 0.3) is 0 Å². The predicted octanol–water partition coefficient (Wildman–Crippen LogP) is -2.24. The summed E-state index contributed by atoms with van der Waals surface area (Å²) in [6.45, 7) is -0.580. The molecule has 23 heavy (non-hydrogen) atoms. The molecule has 1 heterocycles. The number of esters is 1. The van der Waals surface area contributed by atoms with Crippen molar-refractivity contribution in [2.24, 2.45) is 0 Å². The molecule has 0 unspecified atom stereocenters. The molecule has 1 fully saturated rings. The van der Waals surface area contributed by atoms with Crippen LogP contribution in [0.4, 0.5) is 0 Å². The summed E-state index contributed by atoms with van der Waals surface area (Å²) in [4.78, 5) is 11.8. The average molecular weight is 332 g/mol. The number of aromatic hydroxyl groups is 3. The Morgan fingerprint density at radius 3 is 2.13 bits per heavy atom. The zero-order valence-corrected chi connectivity index (χ0v) is 11.6. The number of carbonyl (C=O) groups excluding carboxylic acids is 1. The Balaban J connectivity index is 2.02. The lowest BCUT2D eigenvalue weighted by Crippen LogP contribution is -2.58. The summed E-state index contributed by atoms with van der Waals surface area (Å²) in [5.74, 6) is -3.30. The third-order valence-corrected chi connectivity index (χ3v) is 3.37. The van der Waals surface area contributed by atoms with Crippen LogP contribution in [-0.4, -0.2) is 79.0 Å². The highest BCUT2D eigenvalue weighted by Crippen LogP contribution is 2.35. The fraction of sp³-hybridized carbons (Fsp3) is 0.462. The van der Waals surface area contributed by atoms with Crippen LogP contribution in [0.3, 0.4) is 0 Å². The first-order valence-corrected chi connectivity index (χ1v) is 6.52. The Hall–Kier alpha value is -2.11. The highest BCUT2D eigenvalue weighted by atomic mass is 16.6. The van der Waals surface area contributed by atoms with E-state index in [0.29, 0.717) is 0 Å². The monoisotopic (exact) mass is 332 g/mol. The van der Waals surface area contributed by atoms with E-state index >= 15 is 0 Å². The first-order chi connectivity index (χ1) is 10.7. The van der Waals surface area contributed by atoms with Gasteiger partial charge in [0, 0.05) is 0 Å². The van der Waals surface area contributed by atoms with Gasteiger partial charge in [-0.2, -0.15) is 0 Å². The second kappa shape index (κ2) is 6.56. The van der Waals surface area contributed by atoms with Crippen molar-refractivity contribution in [3.63, 3.8) is 0 Å². The molecule has 0 radical (unpaired) electrons. The third-order valence-electron chi connectivity index (χ3n) is 3.37. The van der Waals surface area contributed by atoms with E-state index in [1.54, 1.807) is 0 Å². The van der Waals surface area contributed by atoms with Crippen LogP contribution in [0.1, 0.15) is 10.4 Å². The Kier molecular flexibility index (Phi) is 4.92. The van der Waals surface area contributed by atoms with E-state index in [1.807, 2.05) is 0 Å². The minimum absolute atomic E-state index is 0.288. The van der Waals surface area contributed by atoms with Crippen LogP contribution in [0, 0.1) is 0 Å². The van der Waals surface area contributed by atoms with Crippen LogP contribution in [0.15, 0.2) is 12.1 Å². The molecule has 5 atom stereocenters. The molecule has 1 aliphatic heterocycles. The minimum atomic E-state index is -1.76. The van der Waals surface area contributed by atoms with Crippen LogP contribution in [0.5, 0.6) is 17.2 Å². The molecule has 1 aromatic rings. The number of rotatable bonds is 3. The quantitative estimate of drug-likeness (QED) is 0.236. The van der Waals surface area contributed by atoms with Crippen LogP contribution < -0.4 is 0 Å².